The number of rotatable bonds is 5. The van der Waals surface area contributed by atoms with Crippen molar-refractivity contribution in [1.82, 2.24) is 0 Å². The van der Waals surface area contributed by atoms with Crippen molar-refractivity contribution in [3.63, 3.8) is 0 Å². The maximum Gasteiger partial charge on any atom is 0.126 e. The number of ether oxygens (including phenoxy) is 1. The van der Waals surface area contributed by atoms with E-state index >= 15 is 0 Å². The van der Waals surface area contributed by atoms with E-state index < -0.39 is 0 Å². The minimum atomic E-state index is 0.0794. The summed E-state index contributed by atoms with van der Waals surface area (Å²) in [6.07, 6.45) is 2.32. The fourth-order valence-corrected chi connectivity index (χ4v) is 2.70. The molecule has 0 heterocycles. The minimum Gasteiger partial charge on any atom is -0.496 e. The molecule has 2 rings (SSSR count). The third-order valence-electron chi connectivity index (χ3n) is 3.85. The van der Waals surface area contributed by atoms with Crippen LogP contribution in [0.5, 0.6) is 5.75 Å². The zero-order valence-corrected chi connectivity index (χ0v) is 12.0. The molecule has 0 saturated carbocycles. The predicted octanol–water partition coefficient (Wildman–Crippen LogP) is 4.28. The van der Waals surface area contributed by atoms with Crippen molar-refractivity contribution in [3.05, 3.63) is 42.0 Å². The van der Waals surface area contributed by atoms with E-state index in [1.165, 1.54) is 17.4 Å². The van der Waals surface area contributed by atoms with E-state index in [0.717, 1.165) is 17.6 Å². The number of methoxy groups -OCH3 is 1. The van der Waals surface area contributed by atoms with Gasteiger partial charge in [-0.2, -0.15) is 0 Å². The summed E-state index contributed by atoms with van der Waals surface area (Å²) in [6.45, 7) is 4.43. The average Bonchev–Trinajstić information content (AvgIpc) is 2.45. The first kappa shape index (κ1) is 13.9. The Bertz CT molecular complexity index is 550. The number of hydrogen-bond donors (Lipinski definition) is 1. The molecule has 0 bridgehead atoms. The van der Waals surface area contributed by atoms with Crippen LogP contribution in [0.4, 0.5) is 0 Å². The van der Waals surface area contributed by atoms with Crippen LogP contribution in [0.2, 0.25) is 0 Å². The van der Waals surface area contributed by atoms with Crippen molar-refractivity contribution in [1.29, 1.82) is 0 Å². The Kier molecular flexibility index (Phi) is 4.43. The Morgan fingerprint density at radius 3 is 2.42 bits per heavy atom. The van der Waals surface area contributed by atoms with Gasteiger partial charge in [0.25, 0.3) is 0 Å². The molecule has 2 heteroatoms. The molecule has 2 nitrogen and oxygen atoms in total. The van der Waals surface area contributed by atoms with Gasteiger partial charge < -0.3 is 10.5 Å². The molecule has 19 heavy (non-hydrogen) atoms. The summed E-state index contributed by atoms with van der Waals surface area (Å²) >= 11 is 0. The Hall–Kier alpha value is -1.54. The number of nitrogens with two attached hydrogens (primary N) is 1. The van der Waals surface area contributed by atoms with Crippen molar-refractivity contribution in [2.45, 2.75) is 32.7 Å². The van der Waals surface area contributed by atoms with Crippen LogP contribution in [-0.4, -0.2) is 7.11 Å². The molecular formula is C17H23NO. The highest BCUT2D eigenvalue weighted by Crippen LogP contribution is 2.34. The lowest BCUT2D eigenvalue weighted by atomic mass is 9.88. The van der Waals surface area contributed by atoms with Crippen LogP contribution in [0.1, 0.15) is 38.3 Å². The van der Waals surface area contributed by atoms with E-state index in [9.17, 15) is 0 Å². The first-order valence-electron chi connectivity index (χ1n) is 7.00. The highest BCUT2D eigenvalue weighted by molar-refractivity contribution is 5.91. The normalized spacial score (nSPS) is 14.3. The monoisotopic (exact) mass is 257 g/mol. The smallest absolute Gasteiger partial charge is 0.126 e. The first-order valence-corrected chi connectivity index (χ1v) is 7.00. The molecule has 102 valence electrons. The maximum atomic E-state index is 6.44. The Morgan fingerprint density at radius 2 is 1.79 bits per heavy atom. The Morgan fingerprint density at radius 1 is 1.11 bits per heavy atom. The lowest BCUT2D eigenvalue weighted by Gasteiger charge is -2.22. The Balaban J connectivity index is 2.50. The van der Waals surface area contributed by atoms with E-state index in [1.54, 1.807) is 7.11 Å². The van der Waals surface area contributed by atoms with Gasteiger partial charge in [0.15, 0.2) is 0 Å². The molecule has 0 radical (unpaired) electrons. The summed E-state index contributed by atoms with van der Waals surface area (Å²) in [6, 6.07) is 12.5. The van der Waals surface area contributed by atoms with Gasteiger partial charge in [-0.25, -0.2) is 0 Å². The van der Waals surface area contributed by atoms with Gasteiger partial charge in [-0.3, -0.25) is 0 Å². The topological polar surface area (TPSA) is 35.2 Å². The molecule has 0 aliphatic carbocycles. The second kappa shape index (κ2) is 6.07. The van der Waals surface area contributed by atoms with Crippen LogP contribution in [0, 0.1) is 5.92 Å². The van der Waals surface area contributed by atoms with Gasteiger partial charge in [-0.05, 0) is 29.4 Å². The molecule has 0 fully saturated rings. The van der Waals surface area contributed by atoms with Crippen LogP contribution >= 0.6 is 0 Å². The molecule has 2 unspecified atom stereocenters. The fraction of sp³-hybridized carbons (Fsp3) is 0.412. The molecule has 0 amide bonds. The van der Waals surface area contributed by atoms with Gasteiger partial charge in [0.05, 0.1) is 7.11 Å². The van der Waals surface area contributed by atoms with Crippen LogP contribution in [0.25, 0.3) is 10.8 Å². The quantitative estimate of drug-likeness (QED) is 0.867. The van der Waals surface area contributed by atoms with Crippen LogP contribution in [-0.2, 0) is 0 Å². The number of fused-ring (bicyclic) bond motifs is 1. The SMILES string of the molecule is CCCC(C)C(N)c1ccc(OC)c2ccccc12. The van der Waals surface area contributed by atoms with Crippen LogP contribution in [0.3, 0.4) is 0 Å². The minimum absolute atomic E-state index is 0.0794. The summed E-state index contributed by atoms with van der Waals surface area (Å²) < 4.78 is 5.43. The molecule has 0 saturated heterocycles. The maximum absolute atomic E-state index is 6.44. The molecule has 2 atom stereocenters. The van der Waals surface area contributed by atoms with Crippen LogP contribution in [0.15, 0.2) is 36.4 Å². The van der Waals surface area contributed by atoms with E-state index in [-0.39, 0.29) is 6.04 Å². The lowest BCUT2D eigenvalue weighted by molar-refractivity contribution is 0.418. The van der Waals surface area contributed by atoms with Crippen molar-refractivity contribution < 1.29 is 4.74 Å². The molecule has 2 aromatic carbocycles. The van der Waals surface area contributed by atoms with Gasteiger partial charge >= 0.3 is 0 Å². The third kappa shape index (κ3) is 2.74. The van der Waals surface area contributed by atoms with E-state index in [0.29, 0.717) is 5.92 Å². The second-order valence-electron chi connectivity index (χ2n) is 5.19. The summed E-state index contributed by atoms with van der Waals surface area (Å²) in [7, 11) is 1.71. The fourth-order valence-electron chi connectivity index (χ4n) is 2.70. The van der Waals surface area contributed by atoms with E-state index in [1.807, 2.05) is 12.1 Å². The number of benzene rings is 2. The van der Waals surface area contributed by atoms with Crippen molar-refractivity contribution in [2.75, 3.05) is 7.11 Å². The molecule has 2 N–H and O–H groups in total. The van der Waals surface area contributed by atoms with E-state index in [2.05, 4.69) is 38.1 Å². The summed E-state index contributed by atoms with van der Waals surface area (Å²) in [5.41, 5.74) is 7.66. The molecule has 0 aliphatic heterocycles. The first-order chi connectivity index (χ1) is 9.19. The standard InChI is InChI=1S/C17H23NO/c1-4-7-12(2)17(18)15-10-11-16(19-3)14-9-6-5-8-13(14)15/h5-6,8-12,17H,4,7,18H2,1-3H3. The highest BCUT2D eigenvalue weighted by Gasteiger charge is 2.17. The number of hydrogen-bond acceptors (Lipinski definition) is 2. The average molecular weight is 257 g/mol. The Labute approximate surface area is 115 Å². The highest BCUT2D eigenvalue weighted by atomic mass is 16.5. The molecule has 0 spiro atoms. The van der Waals surface area contributed by atoms with Gasteiger partial charge in [0, 0.05) is 11.4 Å². The summed E-state index contributed by atoms with van der Waals surface area (Å²) in [5.74, 6) is 1.40. The largest absolute Gasteiger partial charge is 0.496 e. The molecule has 2 aromatic rings. The van der Waals surface area contributed by atoms with Gasteiger partial charge in [0.2, 0.25) is 0 Å². The van der Waals surface area contributed by atoms with Gasteiger partial charge in [-0.1, -0.05) is 50.6 Å². The van der Waals surface area contributed by atoms with Crippen molar-refractivity contribution in [2.24, 2.45) is 11.7 Å². The zero-order chi connectivity index (χ0) is 13.8. The van der Waals surface area contributed by atoms with Gasteiger partial charge in [0.1, 0.15) is 5.75 Å². The third-order valence-corrected chi connectivity index (χ3v) is 3.85. The zero-order valence-electron chi connectivity index (χ0n) is 12.0. The van der Waals surface area contributed by atoms with Gasteiger partial charge in [-0.15, -0.1) is 0 Å². The van der Waals surface area contributed by atoms with Crippen molar-refractivity contribution in [3.8, 4) is 5.75 Å². The molecular weight excluding hydrogens is 234 g/mol. The lowest BCUT2D eigenvalue weighted by Crippen LogP contribution is -2.19. The van der Waals surface area contributed by atoms with E-state index in [4.69, 9.17) is 10.5 Å². The predicted molar refractivity (Wildman–Crippen MR) is 81.5 cm³/mol. The second-order valence-corrected chi connectivity index (χ2v) is 5.19. The molecule has 0 aliphatic rings. The van der Waals surface area contributed by atoms with Crippen molar-refractivity contribution >= 4 is 10.8 Å². The molecule has 0 aromatic heterocycles. The summed E-state index contributed by atoms with van der Waals surface area (Å²) in [4.78, 5) is 0. The van der Waals surface area contributed by atoms with Crippen LogP contribution < -0.4 is 10.5 Å². The summed E-state index contributed by atoms with van der Waals surface area (Å²) in [5, 5.41) is 2.35.